The summed E-state index contributed by atoms with van der Waals surface area (Å²) in [6.45, 7) is 4.49. The number of carbonyl (C=O) groups is 1. The fourth-order valence-corrected chi connectivity index (χ4v) is 3.02. The van der Waals surface area contributed by atoms with Crippen LogP contribution < -0.4 is 0 Å². The first kappa shape index (κ1) is 9.04. The van der Waals surface area contributed by atoms with E-state index in [2.05, 4.69) is 6.92 Å². The van der Waals surface area contributed by atoms with Gasteiger partial charge in [-0.1, -0.05) is 12.8 Å². The van der Waals surface area contributed by atoms with Gasteiger partial charge >= 0.3 is 5.97 Å². The number of carbonyl (C=O) groups excluding carboxylic acids is 1. The second kappa shape index (κ2) is 3.00. The summed E-state index contributed by atoms with van der Waals surface area (Å²) >= 11 is 0. The zero-order chi connectivity index (χ0) is 9.47. The molecule has 2 fully saturated rings. The molecule has 74 valence electrons. The van der Waals surface area contributed by atoms with E-state index in [1.54, 1.807) is 0 Å². The topological polar surface area (TPSA) is 26.3 Å². The lowest BCUT2D eigenvalue weighted by Crippen LogP contribution is -2.19. The van der Waals surface area contributed by atoms with Gasteiger partial charge in [0, 0.05) is 0 Å². The van der Waals surface area contributed by atoms with Gasteiger partial charge < -0.3 is 4.74 Å². The lowest BCUT2D eigenvalue weighted by Gasteiger charge is -2.09. The van der Waals surface area contributed by atoms with Gasteiger partial charge in [-0.05, 0) is 38.5 Å². The van der Waals surface area contributed by atoms with Crippen LogP contribution in [0.25, 0.3) is 0 Å². The molecule has 0 amide bonds. The molecule has 0 radical (unpaired) electrons. The first-order chi connectivity index (χ1) is 6.21. The van der Waals surface area contributed by atoms with Crippen molar-refractivity contribution in [3.8, 4) is 0 Å². The minimum absolute atomic E-state index is 0.0481. The Morgan fingerprint density at radius 3 is 2.38 bits per heavy atom. The zero-order valence-electron chi connectivity index (χ0n) is 8.51. The Morgan fingerprint density at radius 2 is 1.92 bits per heavy atom. The third kappa shape index (κ3) is 1.18. The fourth-order valence-electron chi connectivity index (χ4n) is 3.02. The molecule has 0 N–H and O–H groups in total. The van der Waals surface area contributed by atoms with Gasteiger partial charge in [-0.25, -0.2) is 0 Å². The summed E-state index contributed by atoms with van der Waals surface area (Å²) in [5.74, 6) is 1.33. The van der Waals surface area contributed by atoms with Crippen molar-refractivity contribution in [3.63, 3.8) is 0 Å². The quantitative estimate of drug-likeness (QED) is 0.613. The molecule has 2 rings (SSSR count). The molecule has 2 nitrogen and oxygen atoms in total. The summed E-state index contributed by atoms with van der Waals surface area (Å²) in [4.78, 5) is 11.7. The van der Waals surface area contributed by atoms with E-state index in [-0.39, 0.29) is 11.4 Å². The Bertz CT molecular complexity index is 210. The second-order valence-electron chi connectivity index (χ2n) is 4.50. The number of rotatable bonds is 2. The van der Waals surface area contributed by atoms with Crippen LogP contribution in [0.4, 0.5) is 0 Å². The highest BCUT2D eigenvalue weighted by atomic mass is 16.5. The molecular weight excluding hydrogens is 164 g/mol. The van der Waals surface area contributed by atoms with Crippen LogP contribution in [-0.4, -0.2) is 12.6 Å². The van der Waals surface area contributed by atoms with Gasteiger partial charge in [0.2, 0.25) is 0 Å². The van der Waals surface area contributed by atoms with Gasteiger partial charge in [-0.2, -0.15) is 0 Å². The third-order valence-corrected chi connectivity index (χ3v) is 3.91. The van der Waals surface area contributed by atoms with E-state index in [0.717, 1.165) is 0 Å². The first-order valence-electron chi connectivity index (χ1n) is 5.38. The van der Waals surface area contributed by atoms with Crippen LogP contribution >= 0.6 is 0 Å². The first-order valence-corrected chi connectivity index (χ1v) is 5.38. The average molecular weight is 182 g/mol. The predicted octanol–water partition coefficient (Wildman–Crippen LogP) is 2.38. The standard InChI is InChI=1S/C11H18O2/c1-3-13-10(12)11(2)8-6-4-5-7-9(8)11/h8-9H,3-7H2,1-2H3/t8-,9-/m1/s1. The molecule has 13 heavy (non-hydrogen) atoms. The Balaban J connectivity index is 2.02. The molecule has 2 aliphatic rings. The minimum Gasteiger partial charge on any atom is -0.466 e. The van der Waals surface area contributed by atoms with Crippen LogP contribution in [0.3, 0.4) is 0 Å². The van der Waals surface area contributed by atoms with E-state index in [1.165, 1.54) is 25.7 Å². The van der Waals surface area contributed by atoms with Crippen LogP contribution in [-0.2, 0) is 9.53 Å². The summed E-state index contributed by atoms with van der Waals surface area (Å²) in [6, 6.07) is 0. The van der Waals surface area contributed by atoms with E-state index in [9.17, 15) is 4.79 Å². The van der Waals surface area contributed by atoms with E-state index < -0.39 is 0 Å². The lowest BCUT2D eigenvalue weighted by atomic mass is 10.0. The molecule has 0 saturated heterocycles. The van der Waals surface area contributed by atoms with Gasteiger partial charge in [0.25, 0.3) is 0 Å². The molecular formula is C11H18O2. The van der Waals surface area contributed by atoms with Crippen LogP contribution in [0.15, 0.2) is 0 Å². The normalized spacial score (nSPS) is 42.3. The minimum atomic E-state index is -0.105. The Kier molecular flexibility index (Phi) is 2.09. The smallest absolute Gasteiger partial charge is 0.312 e. The summed E-state index contributed by atoms with van der Waals surface area (Å²) < 4.78 is 5.12. The van der Waals surface area contributed by atoms with Crippen molar-refractivity contribution < 1.29 is 9.53 Å². The summed E-state index contributed by atoms with van der Waals surface area (Å²) in [6.07, 6.45) is 5.08. The SMILES string of the molecule is CCOC(=O)C1(C)[C@@H]2CCCC[C@H]21. The molecule has 0 aromatic rings. The second-order valence-corrected chi connectivity index (χ2v) is 4.50. The van der Waals surface area contributed by atoms with Crippen molar-refractivity contribution in [3.05, 3.63) is 0 Å². The van der Waals surface area contributed by atoms with E-state index in [4.69, 9.17) is 4.74 Å². The van der Waals surface area contributed by atoms with Crippen molar-refractivity contribution in [2.75, 3.05) is 6.61 Å². The van der Waals surface area contributed by atoms with E-state index in [0.29, 0.717) is 18.4 Å². The van der Waals surface area contributed by atoms with Gasteiger partial charge in [-0.3, -0.25) is 4.79 Å². The van der Waals surface area contributed by atoms with E-state index in [1.807, 2.05) is 6.92 Å². The highest BCUT2D eigenvalue weighted by molar-refractivity contribution is 5.81. The molecule has 2 heteroatoms. The molecule has 0 aromatic heterocycles. The Labute approximate surface area is 79.7 Å². The third-order valence-electron chi connectivity index (χ3n) is 3.91. The van der Waals surface area contributed by atoms with Crippen LogP contribution in [0.5, 0.6) is 0 Å². The summed E-state index contributed by atoms with van der Waals surface area (Å²) in [7, 11) is 0. The fraction of sp³-hybridized carbons (Fsp3) is 0.909. The number of hydrogen-bond acceptors (Lipinski definition) is 2. The molecule has 0 aromatic carbocycles. The van der Waals surface area contributed by atoms with Crippen molar-refractivity contribution in [2.24, 2.45) is 17.3 Å². The largest absolute Gasteiger partial charge is 0.466 e. The van der Waals surface area contributed by atoms with Gasteiger partial charge in [0.1, 0.15) is 0 Å². The highest BCUT2D eigenvalue weighted by Gasteiger charge is 2.66. The summed E-state index contributed by atoms with van der Waals surface area (Å²) in [5.41, 5.74) is -0.105. The average Bonchev–Trinajstić information content (AvgIpc) is 2.76. The summed E-state index contributed by atoms with van der Waals surface area (Å²) in [5, 5.41) is 0. The number of ether oxygens (including phenoxy) is 1. The number of fused-ring (bicyclic) bond motifs is 1. The molecule has 0 unspecified atom stereocenters. The molecule has 0 heterocycles. The zero-order valence-corrected chi connectivity index (χ0v) is 8.51. The van der Waals surface area contributed by atoms with Crippen molar-refractivity contribution in [1.82, 2.24) is 0 Å². The number of esters is 1. The Morgan fingerprint density at radius 1 is 1.38 bits per heavy atom. The van der Waals surface area contributed by atoms with Crippen LogP contribution in [0, 0.1) is 17.3 Å². The maximum Gasteiger partial charge on any atom is 0.312 e. The Hall–Kier alpha value is -0.530. The van der Waals surface area contributed by atoms with Gasteiger partial charge in [-0.15, -0.1) is 0 Å². The predicted molar refractivity (Wildman–Crippen MR) is 50.2 cm³/mol. The molecule has 0 spiro atoms. The van der Waals surface area contributed by atoms with Crippen LogP contribution in [0.1, 0.15) is 39.5 Å². The maximum absolute atomic E-state index is 11.7. The molecule has 2 atom stereocenters. The maximum atomic E-state index is 11.7. The van der Waals surface area contributed by atoms with Gasteiger partial charge in [0.15, 0.2) is 0 Å². The van der Waals surface area contributed by atoms with Crippen LogP contribution in [0.2, 0.25) is 0 Å². The highest BCUT2D eigenvalue weighted by Crippen LogP contribution is 2.65. The van der Waals surface area contributed by atoms with E-state index >= 15 is 0 Å². The van der Waals surface area contributed by atoms with Crippen molar-refractivity contribution in [1.29, 1.82) is 0 Å². The molecule has 0 bridgehead atoms. The van der Waals surface area contributed by atoms with Crippen molar-refractivity contribution >= 4 is 5.97 Å². The van der Waals surface area contributed by atoms with Crippen molar-refractivity contribution in [2.45, 2.75) is 39.5 Å². The lowest BCUT2D eigenvalue weighted by molar-refractivity contribution is -0.150. The monoisotopic (exact) mass is 182 g/mol. The molecule has 2 saturated carbocycles. The van der Waals surface area contributed by atoms with Gasteiger partial charge in [0.05, 0.1) is 12.0 Å². The molecule has 2 aliphatic carbocycles. The number of hydrogen-bond donors (Lipinski definition) is 0. The molecule has 0 aliphatic heterocycles.